The zero-order chi connectivity index (χ0) is 15.6. The van der Waals surface area contributed by atoms with Gasteiger partial charge >= 0.3 is 5.97 Å². The highest BCUT2D eigenvalue weighted by Gasteiger charge is 2.17. The maximum atomic E-state index is 11.5. The first-order valence-corrected chi connectivity index (χ1v) is 7.45. The fourth-order valence-electron chi connectivity index (χ4n) is 2.22. The number of benzene rings is 1. The number of rotatable bonds is 4. The van der Waals surface area contributed by atoms with Crippen LogP contribution in [0.4, 0.5) is 11.4 Å². The van der Waals surface area contributed by atoms with Crippen LogP contribution in [-0.4, -0.2) is 16.1 Å². The number of aromatic nitrogens is 1. The number of hydrogen-bond donors (Lipinski definition) is 2. The Morgan fingerprint density at radius 2 is 1.95 bits per heavy atom. The molecule has 1 aromatic heterocycles. The monoisotopic (exact) mass is 348 g/mol. The Bertz CT molecular complexity index is 684. The number of halogens is 1. The summed E-state index contributed by atoms with van der Waals surface area (Å²) in [4.78, 5) is 15.7. The molecular formula is C16H17BrN2O2. The molecule has 1 heterocycles. The summed E-state index contributed by atoms with van der Waals surface area (Å²) in [5.74, 6) is -0.633. The third-order valence-corrected chi connectivity index (χ3v) is 4.13. The summed E-state index contributed by atoms with van der Waals surface area (Å²) in [6.07, 6.45) is 1.54. The van der Waals surface area contributed by atoms with Gasteiger partial charge in [0.05, 0.1) is 17.4 Å². The fourth-order valence-corrected chi connectivity index (χ4v) is 2.52. The van der Waals surface area contributed by atoms with Crippen molar-refractivity contribution in [1.82, 2.24) is 4.98 Å². The summed E-state index contributed by atoms with van der Waals surface area (Å²) in [5.41, 5.74) is 3.37. The topological polar surface area (TPSA) is 62.2 Å². The van der Waals surface area contributed by atoms with Crippen LogP contribution in [0.15, 0.2) is 35.1 Å². The van der Waals surface area contributed by atoms with Gasteiger partial charge in [0.25, 0.3) is 0 Å². The molecule has 2 aromatic rings. The van der Waals surface area contributed by atoms with Crippen LogP contribution in [0.5, 0.6) is 0 Å². The third kappa shape index (κ3) is 3.24. The Hall–Kier alpha value is -1.88. The number of para-hydroxylation sites is 1. The molecule has 0 atom stereocenters. The van der Waals surface area contributed by atoms with Crippen molar-refractivity contribution in [3.63, 3.8) is 0 Å². The molecule has 0 fully saturated rings. The second-order valence-corrected chi connectivity index (χ2v) is 5.89. The average molecular weight is 349 g/mol. The molecule has 4 nitrogen and oxygen atoms in total. The third-order valence-electron chi connectivity index (χ3n) is 3.33. The van der Waals surface area contributed by atoms with E-state index in [2.05, 4.69) is 40.1 Å². The van der Waals surface area contributed by atoms with E-state index in [1.54, 1.807) is 6.92 Å². The van der Waals surface area contributed by atoms with Crippen molar-refractivity contribution in [1.29, 1.82) is 0 Å². The highest BCUT2D eigenvalue weighted by molar-refractivity contribution is 9.10. The molecule has 0 unspecified atom stereocenters. The minimum atomic E-state index is -0.972. The lowest BCUT2D eigenvalue weighted by Crippen LogP contribution is -2.08. The van der Waals surface area contributed by atoms with E-state index in [4.69, 9.17) is 0 Å². The highest BCUT2D eigenvalue weighted by Crippen LogP contribution is 2.30. The van der Waals surface area contributed by atoms with Gasteiger partial charge in [0.1, 0.15) is 4.60 Å². The molecule has 0 amide bonds. The first-order valence-electron chi connectivity index (χ1n) is 6.66. The minimum absolute atomic E-state index is 0.232. The van der Waals surface area contributed by atoms with E-state index in [0.717, 1.165) is 11.3 Å². The lowest BCUT2D eigenvalue weighted by molar-refractivity contribution is 0.0697. The Kier molecular flexibility index (Phi) is 4.63. The van der Waals surface area contributed by atoms with Crippen LogP contribution in [0.1, 0.15) is 41.3 Å². The normalized spacial score (nSPS) is 10.7. The number of carbonyl (C=O) groups is 1. The number of hydrogen-bond acceptors (Lipinski definition) is 3. The number of pyridine rings is 1. The van der Waals surface area contributed by atoms with E-state index in [0.29, 0.717) is 21.8 Å². The Morgan fingerprint density at radius 1 is 1.29 bits per heavy atom. The largest absolute Gasteiger partial charge is 0.478 e. The number of carboxylic acids is 1. The molecule has 0 spiro atoms. The maximum absolute atomic E-state index is 11.5. The molecule has 0 saturated heterocycles. The summed E-state index contributed by atoms with van der Waals surface area (Å²) in [6, 6.07) is 7.88. The summed E-state index contributed by atoms with van der Waals surface area (Å²) in [6.45, 7) is 5.94. The predicted molar refractivity (Wildman–Crippen MR) is 87.4 cm³/mol. The number of aromatic carboxylic acids is 1. The molecule has 2 rings (SSSR count). The summed E-state index contributed by atoms with van der Waals surface area (Å²) < 4.78 is 0.544. The standard InChI is InChI=1S/C16H17BrN2O2/c1-9(2)11-6-4-5-7-12(11)19-13-8-18-15(17)10(3)14(13)16(20)21/h4-9,19H,1-3H3,(H,20,21). The van der Waals surface area contributed by atoms with Crippen LogP contribution in [0, 0.1) is 6.92 Å². The number of anilines is 2. The zero-order valence-corrected chi connectivity index (χ0v) is 13.7. The maximum Gasteiger partial charge on any atom is 0.338 e. The van der Waals surface area contributed by atoms with Gasteiger partial charge in [-0.3, -0.25) is 0 Å². The highest BCUT2D eigenvalue weighted by atomic mass is 79.9. The molecule has 0 aliphatic carbocycles. The van der Waals surface area contributed by atoms with Gasteiger partial charge in [-0.05, 0) is 46.0 Å². The van der Waals surface area contributed by atoms with Crippen LogP contribution >= 0.6 is 15.9 Å². The van der Waals surface area contributed by atoms with Gasteiger partial charge in [0.15, 0.2) is 0 Å². The van der Waals surface area contributed by atoms with Crippen molar-refractivity contribution in [2.75, 3.05) is 5.32 Å². The minimum Gasteiger partial charge on any atom is -0.478 e. The predicted octanol–water partition coefficient (Wildman–Crippen LogP) is 4.72. The van der Waals surface area contributed by atoms with Gasteiger partial charge in [-0.15, -0.1) is 0 Å². The molecule has 0 aliphatic rings. The van der Waals surface area contributed by atoms with E-state index in [1.165, 1.54) is 6.20 Å². The molecular weight excluding hydrogens is 332 g/mol. The van der Waals surface area contributed by atoms with Gasteiger partial charge in [0.2, 0.25) is 0 Å². The summed E-state index contributed by atoms with van der Waals surface area (Å²) in [7, 11) is 0. The Labute approximate surface area is 132 Å². The van der Waals surface area contributed by atoms with Crippen LogP contribution in [0.25, 0.3) is 0 Å². The smallest absolute Gasteiger partial charge is 0.338 e. The second-order valence-electron chi connectivity index (χ2n) is 5.13. The SMILES string of the molecule is Cc1c(Br)ncc(Nc2ccccc2C(C)C)c1C(=O)O. The number of nitrogens with zero attached hydrogens (tertiary/aromatic N) is 1. The Morgan fingerprint density at radius 3 is 2.57 bits per heavy atom. The van der Waals surface area contributed by atoms with Crippen molar-refractivity contribution in [3.8, 4) is 0 Å². The number of carboxylic acid groups (broad SMARTS) is 1. The molecule has 0 saturated carbocycles. The van der Waals surface area contributed by atoms with Gasteiger partial charge in [0, 0.05) is 5.69 Å². The van der Waals surface area contributed by atoms with Gasteiger partial charge in [-0.25, -0.2) is 9.78 Å². The van der Waals surface area contributed by atoms with Crippen LogP contribution in [0.2, 0.25) is 0 Å². The molecule has 0 aliphatic heterocycles. The zero-order valence-electron chi connectivity index (χ0n) is 12.1. The van der Waals surface area contributed by atoms with Crippen molar-refractivity contribution in [2.24, 2.45) is 0 Å². The second kappa shape index (κ2) is 6.26. The molecule has 0 radical (unpaired) electrons. The van der Waals surface area contributed by atoms with E-state index >= 15 is 0 Å². The quantitative estimate of drug-likeness (QED) is 0.784. The van der Waals surface area contributed by atoms with Crippen molar-refractivity contribution < 1.29 is 9.90 Å². The van der Waals surface area contributed by atoms with Gasteiger partial charge < -0.3 is 10.4 Å². The lowest BCUT2D eigenvalue weighted by atomic mass is 10.0. The molecule has 110 valence electrons. The lowest BCUT2D eigenvalue weighted by Gasteiger charge is -2.17. The van der Waals surface area contributed by atoms with Crippen LogP contribution in [-0.2, 0) is 0 Å². The Balaban J connectivity index is 2.50. The van der Waals surface area contributed by atoms with Gasteiger partial charge in [-0.1, -0.05) is 32.0 Å². The molecule has 5 heteroatoms. The summed E-state index contributed by atoms with van der Waals surface area (Å²) in [5, 5.41) is 12.6. The van der Waals surface area contributed by atoms with E-state index in [1.807, 2.05) is 24.3 Å². The number of nitrogens with one attached hydrogen (secondary N) is 1. The van der Waals surface area contributed by atoms with Crippen molar-refractivity contribution in [2.45, 2.75) is 26.7 Å². The van der Waals surface area contributed by atoms with Crippen LogP contribution in [0.3, 0.4) is 0 Å². The van der Waals surface area contributed by atoms with E-state index in [-0.39, 0.29) is 5.56 Å². The summed E-state index contributed by atoms with van der Waals surface area (Å²) >= 11 is 3.27. The first-order chi connectivity index (χ1) is 9.91. The van der Waals surface area contributed by atoms with Crippen molar-refractivity contribution >= 4 is 33.3 Å². The van der Waals surface area contributed by atoms with E-state index in [9.17, 15) is 9.90 Å². The van der Waals surface area contributed by atoms with E-state index < -0.39 is 5.97 Å². The van der Waals surface area contributed by atoms with Crippen molar-refractivity contribution in [3.05, 3.63) is 51.8 Å². The molecule has 1 aromatic carbocycles. The molecule has 0 bridgehead atoms. The average Bonchev–Trinajstić information content (AvgIpc) is 2.43. The molecule has 2 N–H and O–H groups in total. The molecule has 21 heavy (non-hydrogen) atoms. The fraction of sp³-hybridized carbons (Fsp3) is 0.250. The van der Waals surface area contributed by atoms with Gasteiger partial charge in [-0.2, -0.15) is 0 Å². The van der Waals surface area contributed by atoms with Crippen LogP contribution < -0.4 is 5.32 Å². The first kappa shape index (κ1) is 15.5.